The van der Waals surface area contributed by atoms with Gasteiger partial charge in [-0.25, -0.2) is 9.59 Å². The number of nitrogens with one attached hydrogen (secondary N) is 1. The normalized spacial score (nSPS) is 15.4. The number of hydrogen-bond acceptors (Lipinski definition) is 6. The second-order valence-corrected chi connectivity index (χ2v) is 13.1. The SMILES string of the molecule is CC(C)(C)OC(=O)NCCCCN(Cc1ccc2ccccc2n1)C[C@H]1Cc2ccccc2CN1C(=O)OC(C)(C)C. The first-order chi connectivity index (χ1) is 19.9. The van der Waals surface area contributed by atoms with Crippen molar-refractivity contribution in [2.24, 2.45) is 0 Å². The van der Waals surface area contributed by atoms with Crippen LogP contribution in [0.4, 0.5) is 9.59 Å². The minimum Gasteiger partial charge on any atom is -0.444 e. The molecule has 1 aromatic heterocycles. The molecule has 4 rings (SSSR count). The number of pyridine rings is 1. The van der Waals surface area contributed by atoms with Gasteiger partial charge in [0, 0.05) is 31.6 Å². The Morgan fingerprint density at radius 2 is 1.60 bits per heavy atom. The van der Waals surface area contributed by atoms with Crippen LogP contribution in [0.5, 0.6) is 0 Å². The van der Waals surface area contributed by atoms with E-state index in [1.54, 1.807) is 0 Å². The number of fused-ring (bicyclic) bond motifs is 2. The van der Waals surface area contributed by atoms with Gasteiger partial charge in [-0.15, -0.1) is 0 Å². The topological polar surface area (TPSA) is 84.0 Å². The maximum atomic E-state index is 13.4. The fourth-order valence-corrected chi connectivity index (χ4v) is 5.21. The highest BCUT2D eigenvalue weighted by Gasteiger charge is 2.34. The van der Waals surface area contributed by atoms with E-state index in [2.05, 4.69) is 46.6 Å². The van der Waals surface area contributed by atoms with Crippen LogP contribution in [0.1, 0.15) is 71.2 Å². The fraction of sp³-hybridized carbons (Fsp3) is 0.500. The van der Waals surface area contributed by atoms with Crippen LogP contribution in [-0.4, -0.2) is 63.8 Å². The molecule has 0 saturated heterocycles. The van der Waals surface area contributed by atoms with E-state index in [-0.39, 0.29) is 12.1 Å². The molecule has 226 valence electrons. The molecule has 0 radical (unpaired) electrons. The summed E-state index contributed by atoms with van der Waals surface area (Å²) in [5.41, 5.74) is 3.29. The van der Waals surface area contributed by atoms with E-state index in [1.165, 1.54) is 5.56 Å². The lowest BCUT2D eigenvalue weighted by molar-refractivity contribution is 0.00708. The monoisotopic (exact) mass is 574 g/mol. The number of amides is 2. The predicted octanol–water partition coefficient (Wildman–Crippen LogP) is 6.70. The van der Waals surface area contributed by atoms with Gasteiger partial charge in [0.15, 0.2) is 0 Å². The van der Waals surface area contributed by atoms with Crippen molar-refractivity contribution in [3.8, 4) is 0 Å². The van der Waals surface area contributed by atoms with E-state index in [0.717, 1.165) is 48.0 Å². The van der Waals surface area contributed by atoms with Crippen molar-refractivity contribution in [1.29, 1.82) is 0 Å². The van der Waals surface area contributed by atoms with Gasteiger partial charge < -0.3 is 14.8 Å². The molecule has 3 aromatic rings. The summed E-state index contributed by atoms with van der Waals surface area (Å²) in [6, 6.07) is 20.6. The number of carbonyl (C=O) groups excluding carboxylic acids is 2. The largest absolute Gasteiger partial charge is 0.444 e. The number of rotatable bonds is 9. The Morgan fingerprint density at radius 1 is 0.905 bits per heavy atom. The molecule has 0 saturated carbocycles. The lowest BCUT2D eigenvalue weighted by Crippen LogP contribution is -2.51. The van der Waals surface area contributed by atoms with Gasteiger partial charge in [0.25, 0.3) is 0 Å². The Kier molecular flexibility index (Phi) is 10.1. The average Bonchev–Trinajstić information content (AvgIpc) is 2.90. The second-order valence-electron chi connectivity index (χ2n) is 13.1. The maximum absolute atomic E-state index is 13.4. The molecular formula is C34H46N4O4. The summed E-state index contributed by atoms with van der Waals surface area (Å²) >= 11 is 0. The van der Waals surface area contributed by atoms with Crippen LogP contribution in [0.3, 0.4) is 0 Å². The number of aromatic nitrogens is 1. The Bertz CT molecular complexity index is 1360. The highest BCUT2D eigenvalue weighted by molar-refractivity contribution is 5.78. The summed E-state index contributed by atoms with van der Waals surface area (Å²) < 4.78 is 11.2. The Balaban J connectivity index is 1.49. The molecule has 1 N–H and O–H groups in total. The number of nitrogens with zero attached hydrogens (tertiary/aromatic N) is 3. The first-order valence-corrected chi connectivity index (χ1v) is 15.0. The van der Waals surface area contributed by atoms with Gasteiger partial charge in [-0.3, -0.25) is 14.8 Å². The molecule has 2 amide bonds. The van der Waals surface area contributed by atoms with Gasteiger partial charge in [0.05, 0.1) is 17.3 Å². The third kappa shape index (κ3) is 9.44. The minimum absolute atomic E-state index is 0.0462. The molecule has 0 fully saturated rings. The van der Waals surface area contributed by atoms with Gasteiger partial charge in [-0.05, 0) is 90.6 Å². The summed E-state index contributed by atoms with van der Waals surface area (Å²) in [7, 11) is 0. The molecule has 0 spiro atoms. The third-order valence-corrected chi connectivity index (χ3v) is 7.06. The predicted molar refractivity (Wildman–Crippen MR) is 166 cm³/mol. The zero-order chi connectivity index (χ0) is 30.3. The molecular weight excluding hydrogens is 528 g/mol. The lowest BCUT2D eigenvalue weighted by Gasteiger charge is -2.40. The van der Waals surface area contributed by atoms with Gasteiger partial charge in [-0.1, -0.05) is 48.5 Å². The molecule has 2 aromatic carbocycles. The maximum Gasteiger partial charge on any atom is 0.410 e. The number of benzene rings is 2. The molecule has 2 heterocycles. The summed E-state index contributed by atoms with van der Waals surface area (Å²) in [4.78, 5) is 34.7. The van der Waals surface area contributed by atoms with E-state index in [9.17, 15) is 9.59 Å². The van der Waals surface area contributed by atoms with Crippen molar-refractivity contribution in [1.82, 2.24) is 20.1 Å². The zero-order valence-electron chi connectivity index (χ0n) is 26.0. The number of carbonyl (C=O) groups is 2. The van der Waals surface area contributed by atoms with Gasteiger partial charge >= 0.3 is 12.2 Å². The van der Waals surface area contributed by atoms with Crippen LogP contribution in [-0.2, 0) is 29.0 Å². The van der Waals surface area contributed by atoms with Crippen molar-refractivity contribution in [2.75, 3.05) is 19.6 Å². The Morgan fingerprint density at radius 3 is 2.33 bits per heavy atom. The van der Waals surface area contributed by atoms with Crippen LogP contribution in [0.15, 0.2) is 60.7 Å². The molecule has 1 aliphatic heterocycles. The van der Waals surface area contributed by atoms with Crippen molar-refractivity contribution in [3.63, 3.8) is 0 Å². The van der Waals surface area contributed by atoms with Crippen LogP contribution in [0.2, 0.25) is 0 Å². The Labute approximate surface area is 250 Å². The Hall–Kier alpha value is -3.65. The molecule has 1 atom stereocenters. The minimum atomic E-state index is -0.575. The number of hydrogen-bond donors (Lipinski definition) is 1. The molecule has 8 heteroatoms. The third-order valence-electron chi connectivity index (χ3n) is 7.06. The number of ether oxygens (including phenoxy) is 2. The van der Waals surface area contributed by atoms with Crippen LogP contribution >= 0.6 is 0 Å². The number of alkyl carbamates (subject to hydrolysis) is 1. The molecule has 0 unspecified atom stereocenters. The van der Waals surface area contributed by atoms with Crippen LogP contribution in [0, 0.1) is 0 Å². The first-order valence-electron chi connectivity index (χ1n) is 15.0. The highest BCUT2D eigenvalue weighted by atomic mass is 16.6. The van der Waals surface area contributed by atoms with Crippen molar-refractivity contribution in [3.05, 3.63) is 77.5 Å². The summed E-state index contributed by atoms with van der Waals surface area (Å²) in [5, 5.41) is 3.97. The highest BCUT2D eigenvalue weighted by Crippen LogP contribution is 2.26. The molecule has 0 aliphatic carbocycles. The molecule has 0 bridgehead atoms. The standard InChI is InChI=1S/C34H46N4O4/c1-33(2,3)41-31(39)35-19-11-12-20-37(23-28-18-17-25-13-9-10-16-30(25)36-28)24-29-21-26-14-7-8-15-27(26)22-38(29)32(40)42-34(4,5)6/h7-10,13-18,29H,11-12,19-24H2,1-6H3,(H,35,39)/t29-/m1/s1. The van der Waals surface area contributed by atoms with Crippen LogP contribution < -0.4 is 5.32 Å². The van der Waals surface area contributed by atoms with Crippen molar-refractivity contribution < 1.29 is 19.1 Å². The van der Waals surface area contributed by atoms with Crippen molar-refractivity contribution in [2.45, 2.75) is 91.1 Å². The number of unbranched alkanes of at least 4 members (excludes halogenated alkanes) is 1. The fourth-order valence-electron chi connectivity index (χ4n) is 5.21. The van der Waals surface area contributed by atoms with E-state index in [1.807, 2.05) is 70.7 Å². The quantitative estimate of drug-likeness (QED) is 0.286. The van der Waals surface area contributed by atoms with Crippen molar-refractivity contribution >= 4 is 23.1 Å². The van der Waals surface area contributed by atoms with Gasteiger partial charge in [0.2, 0.25) is 0 Å². The summed E-state index contributed by atoms with van der Waals surface area (Å²) in [6.45, 7) is 14.5. The lowest BCUT2D eigenvalue weighted by atomic mass is 9.94. The first kappa shape index (κ1) is 31.3. The zero-order valence-corrected chi connectivity index (χ0v) is 26.0. The molecule has 8 nitrogen and oxygen atoms in total. The van der Waals surface area contributed by atoms with E-state index < -0.39 is 17.3 Å². The van der Waals surface area contributed by atoms with Crippen LogP contribution in [0.25, 0.3) is 10.9 Å². The van der Waals surface area contributed by atoms with E-state index in [4.69, 9.17) is 14.5 Å². The summed E-state index contributed by atoms with van der Waals surface area (Å²) in [5.74, 6) is 0. The van der Waals surface area contributed by atoms with E-state index in [0.29, 0.717) is 26.2 Å². The van der Waals surface area contributed by atoms with Gasteiger partial charge in [0.1, 0.15) is 11.2 Å². The second kappa shape index (κ2) is 13.6. The van der Waals surface area contributed by atoms with Gasteiger partial charge in [-0.2, -0.15) is 0 Å². The number of para-hydroxylation sites is 1. The average molecular weight is 575 g/mol. The molecule has 1 aliphatic rings. The molecule has 42 heavy (non-hydrogen) atoms. The van der Waals surface area contributed by atoms with E-state index >= 15 is 0 Å². The summed E-state index contributed by atoms with van der Waals surface area (Å²) in [6.07, 6.45) is 1.77. The smallest absolute Gasteiger partial charge is 0.410 e.